The Morgan fingerprint density at radius 3 is 1.65 bits per heavy atom. The van der Waals surface area contributed by atoms with E-state index in [1.165, 1.54) is 0 Å². The minimum Gasteiger partial charge on any atom is -0.302 e. The first-order chi connectivity index (χ1) is 16.0. The van der Waals surface area contributed by atoms with Crippen LogP contribution in [0.3, 0.4) is 0 Å². The lowest BCUT2D eigenvalue weighted by Crippen LogP contribution is -2.24. The summed E-state index contributed by atoms with van der Waals surface area (Å²) in [5.41, 5.74) is 3.85. The average Bonchev–Trinajstić information content (AvgIpc) is 2.81. The van der Waals surface area contributed by atoms with Crippen LogP contribution in [0.5, 0.6) is 0 Å². The Morgan fingerprint density at radius 1 is 0.735 bits per heavy atom. The van der Waals surface area contributed by atoms with E-state index in [2.05, 4.69) is 20.8 Å². The van der Waals surface area contributed by atoms with Gasteiger partial charge >= 0.3 is 0 Å². The minimum absolute atomic E-state index is 0.0911. The molecule has 0 amide bonds. The van der Waals surface area contributed by atoms with Crippen molar-refractivity contribution in [3.63, 3.8) is 0 Å². The van der Waals surface area contributed by atoms with Crippen molar-refractivity contribution in [1.29, 1.82) is 0 Å². The largest absolute Gasteiger partial charge is 0.302 e. The summed E-state index contributed by atoms with van der Waals surface area (Å²) in [6.45, 7) is 14.0. The molecule has 34 heavy (non-hydrogen) atoms. The molecule has 178 valence electrons. The number of carbonyl (C=O) groups is 2. The Labute approximate surface area is 204 Å². The number of aryl methyl sites for hydroxylation is 4. The maximum atomic E-state index is 14.8. The molecule has 0 aliphatic rings. The molecule has 3 aromatic rings. The maximum Gasteiger partial charge on any atom is 0.248 e. The molecule has 0 aliphatic heterocycles. The van der Waals surface area contributed by atoms with E-state index < -0.39 is 18.2 Å². The summed E-state index contributed by atoms with van der Waals surface area (Å²) in [7, 11) is -4.17. The van der Waals surface area contributed by atoms with Crippen molar-refractivity contribution >= 4 is 23.5 Å². The van der Waals surface area contributed by atoms with Gasteiger partial charge in [0.1, 0.15) is 0 Å². The van der Waals surface area contributed by atoms with Crippen LogP contribution >= 0.6 is 7.14 Å². The SMILES string of the molecule is CCc1cccc(CC)c1C(=O)P(=O)(C(=O)c1c(C)cc(C(C)(C)C)cc1C)c1ccccc1. The zero-order valence-electron chi connectivity index (χ0n) is 21.4. The van der Waals surface area contributed by atoms with Crippen LogP contribution < -0.4 is 5.30 Å². The second-order valence-electron chi connectivity index (χ2n) is 9.95. The minimum atomic E-state index is -4.17. The van der Waals surface area contributed by atoms with Crippen molar-refractivity contribution in [2.75, 3.05) is 0 Å². The molecule has 0 radical (unpaired) electrons. The zero-order valence-corrected chi connectivity index (χ0v) is 22.3. The monoisotopic (exact) mass is 474 g/mol. The van der Waals surface area contributed by atoms with Crippen LogP contribution in [0.15, 0.2) is 60.7 Å². The number of rotatable bonds is 7. The van der Waals surface area contributed by atoms with Gasteiger partial charge < -0.3 is 4.57 Å². The van der Waals surface area contributed by atoms with E-state index in [0.717, 1.165) is 27.8 Å². The van der Waals surface area contributed by atoms with E-state index in [9.17, 15) is 14.2 Å². The lowest BCUT2D eigenvalue weighted by Gasteiger charge is -2.24. The molecule has 0 N–H and O–H groups in total. The first kappa shape index (κ1) is 25.8. The number of hydrogen-bond donors (Lipinski definition) is 0. The van der Waals surface area contributed by atoms with Crippen molar-refractivity contribution in [3.8, 4) is 0 Å². The summed E-state index contributed by atoms with van der Waals surface area (Å²) in [5.74, 6) is 0. The predicted molar refractivity (Wildman–Crippen MR) is 142 cm³/mol. The molecule has 1 unspecified atom stereocenters. The summed E-state index contributed by atoms with van der Waals surface area (Å²) >= 11 is 0. The fourth-order valence-electron chi connectivity index (χ4n) is 4.53. The van der Waals surface area contributed by atoms with Gasteiger partial charge in [0, 0.05) is 16.4 Å². The van der Waals surface area contributed by atoms with Crippen molar-refractivity contribution < 1.29 is 14.2 Å². The van der Waals surface area contributed by atoms with Crippen LogP contribution in [0.25, 0.3) is 0 Å². The molecule has 3 rings (SSSR count). The molecule has 0 aromatic heterocycles. The standard InChI is InChI=1S/C30H35O3P/c1-8-22-14-13-15-23(9-2)27(22)29(32)34(33,25-16-11-10-12-17-25)28(31)26-20(3)18-24(19-21(26)4)30(5,6)7/h10-19H,8-9H2,1-7H3. The van der Waals surface area contributed by atoms with Gasteiger partial charge in [-0.3, -0.25) is 9.59 Å². The number of hydrogen-bond acceptors (Lipinski definition) is 3. The summed E-state index contributed by atoms with van der Waals surface area (Å²) in [4.78, 5) is 28.4. The topological polar surface area (TPSA) is 51.2 Å². The van der Waals surface area contributed by atoms with Crippen molar-refractivity contribution in [3.05, 3.63) is 99.6 Å². The quantitative estimate of drug-likeness (QED) is 0.335. The van der Waals surface area contributed by atoms with Gasteiger partial charge in [-0.1, -0.05) is 95.3 Å². The highest BCUT2D eigenvalue weighted by molar-refractivity contribution is 8.01. The predicted octanol–water partition coefficient (Wildman–Crippen LogP) is 7.39. The molecule has 0 bridgehead atoms. The maximum absolute atomic E-state index is 14.8. The molecular formula is C30H35O3P. The van der Waals surface area contributed by atoms with Crippen LogP contribution in [0.1, 0.15) is 83.2 Å². The van der Waals surface area contributed by atoms with E-state index in [1.807, 2.05) is 58.0 Å². The molecule has 4 heteroatoms. The fraction of sp³-hybridized carbons (Fsp3) is 0.333. The van der Waals surface area contributed by atoms with E-state index >= 15 is 0 Å². The molecule has 0 saturated carbocycles. The van der Waals surface area contributed by atoms with Crippen LogP contribution in [-0.2, 0) is 22.8 Å². The van der Waals surface area contributed by atoms with E-state index in [4.69, 9.17) is 0 Å². The fourth-order valence-corrected chi connectivity index (χ4v) is 7.05. The Bertz CT molecular complexity index is 1230. The summed E-state index contributed by atoms with van der Waals surface area (Å²) in [5, 5.41) is 0.289. The zero-order chi connectivity index (χ0) is 25.3. The van der Waals surface area contributed by atoms with E-state index in [0.29, 0.717) is 24.0 Å². The third-order valence-corrected chi connectivity index (χ3v) is 9.13. The molecule has 1 atom stereocenters. The first-order valence-corrected chi connectivity index (χ1v) is 13.6. The second kappa shape index (κ2) is 9.84. The number of carbonyl (C=O) groups excluding carboxylic acids is 2. The van der Waals surface area contributed by atoms with Gasteiger partial charge in [0.15, 0.2) is 0 Å². The first-order valence-electron chi connectivity index (χ1n) is 11.9. The van der Waals surface area contributed by atoms with Crippen molar-refractivity contribution in [1.82, 2.24) is 0 Å². The van der Waals surface area contributed by atoms with Gasteiger partial charge in [-0.05, 0) is 59.9 Å². The summed E-state index contributed by atoms with van der Waals surface area (Å²) < 4.78 is 14.8. The molecule has 0 saturated heterocycles. The van der Waals surface area contributed by atoms with Gasteiger partial charge in [0.25, 0.3) is 0 Å². The Kier molecular flexibility index (Phi) is 7.48. The lowest BCUT2D eigenvalue weighted by atomic mass is 9.84. The van der Waals surface area contributed by atoms with Crippen LogP contribution in [-0.4, -0.2) is 11.0 Å². The highest BCUT2D eigenvalue weighted by Gasteiger charge is 2.45. The second-order valence-corrected chi connectivity index (χ2v) is 12.5. The smallest absolute Gasteiger partial charge is 0.248 e. The Morgan fingerprint density at radius 2 is 1.21 bits per heavy atom. The van der Waals surface area contributed by atoms with Crippen LogP contribution in [0, 0.1) is 13.8 Å². The average molecular weight is 475 g/mol. The molecule has 3 nitrogen and oxygen atoms in total. The van der Waals surface area contributed by atoms with Gasteiger partial charge in [-0.2, -0.15) is 0 Å². The highest BCUT2D eigenvalue weighted by atomic mass is 31.2. The van der Waals surface area contributed by atoms with Gasteiger partial charge in [-0.15, -0.1) is 0 Å². The lowest BCUT2D eigenvalue weighted by molar-refractivity contribution is 0.103. The van der Waals surface area contributed by atoms with Gasteiger partial charge in [-0.25, -0.2) is 0 Å². The molecular weight excluding hydrogens is 439 g/mol. The van der Waals surface area contributed by atoms with Gasteiger partial charge in [0.05, 0.1) is 0 Å². The molecule has 0 aliphatic carbocycles. The molecule has 3 aromatic carbocycles. The van der Waals surface area contributed by atoms with Crippen LogP contribution in [0.4, 0.5) is 0 Å². The normalized spacial score (nSPS) is 13.4. The van der Waals surface area contributed by atoms with Gasteiger partial charge in [0.2, 0.25) is 18.2 Å². The Balaban J connectivity index is 2.31. The third kappa shape index (κ3) is 4.59. The van der Waals surface area contributed by atoms with Crippen molar-refractivity contribution in [2.45, 2.75) is 66.7 Å². The molecule has 0 fully saturated rings. The Hall–Kier alpha value is -2.77. The summed E-state index contributed by atoms with van der Waals surface area (Å²) in [6, 6.07) is 18.2. The van der Waals surface area contributed by atoms with E-state index in [-0.39, 0.29) is 10.7 Å². The van der Waals surface area contributed by atoms with Crippen LogP contribution in [0.2, 0.25) is 0 Å². The summed E-state index contributed by atoms with van der Waals surface area (Å²) in [6.07, 6.45) is 1.24. The third-order valence-electron chi connectivity index (χ3n) is 6.52. The van der Waals surface area contributed by atoms with E-state index in [1.54, 1.807) is 30.3 Å². The molecule has 0 spiro atoms. The number of benzene rings is 3. The van der Waals surface area contributed by atoms with Crippen molar-refractivity contribution in [2.24, 2.45) is 0 Å². The molecule has 0 heterocycles. The highest BCUT2D eigenvalue weighted by Crippen LogP contribution is 2.53.